The van der Waals surface area contributed by atoms with Gasteiger partial charge in [0.2, 0.25) is 0 Å². The van der Waals surface area contributed by atoms with Crippen LogP contribution in [-0.2, 0) is 0 Å². The zero-order valence-corrected chi connectivity index (χ0v) is 12.8. The molecule has 0 unspecified atom stereocenters. The van der Waals surface area contributed by atoms with Crippen molar-refractivity contribution in [2.24, 2.45) is 0 Å². The summed E-state index contributed by atoms with van der Waals surface area (Å²) in [7, 11) is 29.9. The van der Waals surface area contributed by atoms with Gasteiger partial charge in [0.25, 0.3) is 0 Å². The van der Waals surface area contributed by atoms with Crippen molar-refractivity contribution in [3.63, 3.8) is 0 Å². The van der Waals surface area contributed by atoms with Gasteiger partial charge in [0.15, 0.2) is 0 Å². The van der Waals surface area contributed by atoms with Crippen molar-refractivity contribution < 1.29 is 0 Å². The fourth-order valence-electron chi connectivity index (χ4n) is 0. The van der Waals surface area contributed by atoms with Gasteiger partial charge >= 0.3 is 86.5 Å². The van der Waals surface area contributed by atoms with Gasteiger partial charge in [-0.15, -0.1) is 0 Å². The topological polar surface area (TPSA) is 0 Å². The molecule has 0 amide bonds. The van der Waals surface area contributed by atoms with Crippen molar-refractivity contribution in [2.45, 2.75) is 0 Å². The van der Waals surface area contributed by atoms with Gasteiger partial charge < -0.3 is 0 Å². The molecule has 0 bridgehead atoms. The van der Waals surface area contributed by atoms with Gasteiger partial charge in [-0.3, -0.25) is 0 Å². The van der Waals surface area contributed by atoms with Crippen molar-refractivity contribution in [2.75, 3.05) is 0 Å². The Morgan fingerprint density at radius 3 is 0.500 bits per heavy atom. The fraction of sp³-hybridized carbons (Fsp3) is 0. The second-order valence-electron chi connectivity index (χ2n) is 0.383. The normalized spacial score (nSPS) is 9.00. The van der Waals surface area contributed by atoms with Crippen LogP contribution in [0.1, 0.15) is 0 Å². The summed E-state index contributed by atoms with van der Waals surface area (Å²) in [5.41, 5.74) is 0. The van der Waals surface area contributed by atoms with E-state index in [1.54, 1.807) is 0 Å². The molecule has 0 nitrogen and oxygen atoms in total. The maximum atomic E-state index is 4.99. The molecule has 0 aliphatic rings. The summed E-state index contributed by atoms with van der Waals surface area (Å²) in [6.07, 6.45) is 0. The van der Waals surface area contributed by atoms with Crippen LogP contribution in [0.15, 0.2) is 0 Å². The van der Waals surface area contributed by atoms with Crippen LogP contribution in [0.3, 0.4) is 0 Å². The average molecular weight is 456 g/mol. The zero-order valence-electron chi connectivity index (χ0n) is 3.16. The quantitative estimate of drug-likeness (QED) is 0.491. The first kappa shape index (κ1) is 13.9. The van der Waals surface area contributed by atoms with E-state index in [0.29, 0.717) is 0 Å². The predicted molar refractivity (Wildman–Crippen MR) is 46.6 cm³/mol. The van der Waals surface area contributed by atoms with E-state index in [0.717, 1.165) is 0 Å². The SMILES string of the molecule is [Cl][Sb]([Cl])[Cl].[Cl][Sb]([Cl])[Cl]. The number of hydrogen-bond acceptors (Lipinski definition) is 0. The van der Waals surface area contributed by atoms with E-state index in [9.17, 15) is 0 Å². The molecule has 0 aromatic heterocycles. The third-order valence-corrected chi connectivity index (χ3v) is 0. The first-order valence-corrected chi connectivity index (χ1v) is 20.4. The van der Waals surface area contributed by atoms with Crippen LogP contribution in [0.5, 0.6) is 0 Å². The molecule has 52 valence electrons. The van der Waals surface area contributed by atoms with Crippen molar-refractivity contribution in [3.05, 3.63) is 0 Å². The van der Waals surface area contributed by atoms with E-state index in [-0.39, 0.29) is 0 Å². The Balaban J connectivity index is 0. The summed E-state index contributed by atoms with van der Waals surface area (Å²) in [5.74, 6) is 0. The molecular formula is Cl6Sb2. The Hall–Kier alpha value is 3.38. The minimum absolute atomic E-state index is 2.03. The Morgan fingerprint density at radius 2 is 0.500 bits per heavy atom. The van der Waals surface area contributed by atoms with E-state index in [2.05, 4.69) is 0 Å². The van der Waals surface area contributed by atoms with Crippen molar-refractivity contribution >= 4 is 86.5 Å². The number of hydrogen-bond donors (Lipinski definition) is 0. The molecule has 8 heteroatoms. The third-order valence-electron chi connectivity index (χ3n) is 0. The molecular weight excluding hydrogens is 456 g/mol. The van der Waals surface area contributed by atoms with Crippen LogP contribution < -0.4 is 0 Å². The molecule has 0 rings (SSSR count). The van der Waals surface area contributed by atoms with Crippen molar-refractivity contribution in [1.82, 2.24) is 0 Å². The molecule has 0 spiro atoms. The van der Waals surface area contributed by atoms with Gasteiger partial charge in [-0.05, 0) is 0 Å². The fourth-order valence-corrected chi connectivity index (χ4v) is 0. The summed E-state index contributed by atoms with van der Waals surface area (Å²) in [6.45, 7) is 0. The van der Waals surface area contributed by atoms with Crippen LogP contribution in [-0.4, -0.2) is 33.6 Å². The van der Waals surface area contributed by atoms with Crippen LogP contribution in [0.4, 0.5) is 0 Å². The van der Waals surface area contributed by atoms with Crippen LogP contribution in [0.25, 0.3) is 0 Å². The summed E-state index contributed by atoms with van der Waals surface area (Å²) < 4.78 is 0. The molecule has 0 heterocycles. The molecule has 0 aliphatic carbocycles. The van der Waals surface area contributed by atoms with E-state index in [4.69, 9.17) is 53.0 Å². The zero-order chi connectivity index (χ0) is 7.15. The van der Waals surface area contributed by atoms with Crippen molar-refractivity contribution in [1.29, 1.82) is 0 Å². The van der Waals surface area contributed by atoms with Gasteiger partial charge in [-0.25, -0.2) is 0 Å². The van der Waals surface area contributed by atoms with Crippen molar-refractivity contribution in [3.8, 4) is 0 Å². The number of rotatable bonds is 0. The van der Waals surface area contributed by atoms with E-state index in [1.807, 2.05) is 0 Å². The van der Waals surface area contributed by atoms with Crippen LogP contribution in [0, 0.1) is 0 Å². The first-order valence-electron chi connectivity index (χ1n) is 1.01. The molecule has 0 saturated heterocycles. The minimum atomic E-state index is -2.03. The van der Waals surface area contributed by atoms with E-state index >= 15 is 0 Å². The summed E-state index contributed by atoms with van der Waals surface area (Å²) in [5, 5.41) is 0. The molecule has 0 saturated carbocycles. The second kappa shape index (κ2) is 10.4. The Morgan fingerprint density at radius 1 is 0.500 bits per heavy atom. The van der Waals surface area contributed by atoms with E-state index < -0.39 is 33.6 Å². The predicted octanol–water partition coefficient (Wildman–Crippen LogP) is 3.38. The molecule has 0 atom stereocenters. The van der Waals surface area contributed by atoms with E-state index in [1.165, 1.54) is 0 Å². The van der Waals surface area contributed by atoms with Crippen LogP contribution in [0.2, 0.25) is 0 Å². The summed E-state index contributed by atoms with van der Waals surface area (Å²) in [6, 6.07) is 0. The Kier molecular flexibility index (Phi) is 18.1. The third kappa shape index (κ3) is 57.7. The molecule has 0 aliphatic heterocycles. The molecule has 0 radical (unpaired) electrons. The summed E-state index contributed by atoms with van der Waals surface area (Å²) >= 11 is -4.07. The van der Waals surface area contributed by atoms with Crippen LogP contribution >= 0.6 is 53.0 Å². The van der Waals surface area contributed by atoms with Gasteiger partial charge in [0.1, 0.15) is 0 Å². The van der Waals surface area contributed by atoms with Gasteiger partial charge in [0.05, 0.1) is 0 Å². The Labute approximate surface area is 84.7 Å². The molecule has 0 aromatic carbocycles. The molecule has 0 fully saturated rings. The van der Waals surface area contributed by atoms with Gasteiger partial charge in [-0.2, -0.15) is 0 Å². The maximum absolute atomic E-state index is 4.99. The molecule has 0 aromatic rings. The first-order chi connectivity index (χ1) is 3.46. The standard InChI is InChI=1S/6ClH.2Sb/h6*1H;;/q;;;;;;2*+3/p-6. The summed E-state index contributed by atoms with van der Waals surface area (Å²) in [4.78, 5) is 0. The average Bonchev–Trinajstić information content (AvgIpc) is 1.25. The van der Waals surface area contributed by atoms with Gasteiger partial charge in [0, 0.05) is 0 Å². The van der Waals surface area contributed by atoms with Gasteiger partial charge in [-0.1, -0.05) is 0 Å². The molecule has 8 heavy (non-hydrogen) atoms. The second-order valence-corrected chi connectivity index (χ2v) is 23.1. The monoisotopic (exact) mass is 452 g/mol. The molecule has 0 N–H and O–H groups in total. The Bertz CT molecular complexity index is 22.0. The number of halogens is 6.